The molecular weight excluding hydrogens is 530 g/mol. The first kappa shape index (κ1) is 31.6. The van der Waals surface area contributed by atoms with Crippen molar-refractivity contribution in [1.29, 1.82) is 0 Å². The number of hydrogen-bond donors (Lipinski definition) is 1. The first-order chi connectivity index (χ1) is 18.6. The Morgan fingerprint density at radius 3 is 1.38 bits per heavy atom. The molecule has 0 aliphatic carbocycles. The van der Waals surface area contributed by atoms with Crippen LogP contribution in [-0.4, -0.2) is 34.6 Å². The molecule has 3 rings (SSSR count). The van der Waals surface area contributed by atoms with Crippen LogP contribution in [0, 0.1) is 11.8 Å². The van der Waals surface area contributed by atoms with E-state index in [0.29, 0.717) is 46.5 Å². The van der Waals surface area contributed by atoms with E-state index >= 15 is 0 Å². The van der Waals surface area contributed by atoms with Crippen LogP contribution in [0.4, 0.5) is 26.3 Å². The lowest BCUT2D eigenvalue weighted by molar-refractivity contribution is -0.138. The van der Waals surface area contributed by atoms with Gasteiger partial charge in [-0.3, -0.25) is 0 Å². The molecule has 0 saturated carbocycles. The summed E-state index contributed by atoms with van der Waals surface area (Å²) in [5.74, 6) is 0.967. The van der Waals surface area contributed by atoms with E-state index in [1.165, 1.54) is 24.3 Å². The number of benzene rings is 2. The molecule has 1 aromatic heterocycles. The molecule has 3 nitrogen and oxygen atoms in total. The molecule has 0 radical (unpaired) electrons. The zero-order chi connectivity index (χ0) is 29.7. The van der Waals surface area contributed by atoms with Gasteiger partial charge in [-0.2, -0.15) is 26.3 Å². The maximum absolute atomic E-state index is 13.1. The molecule has 0 aliphatic rings. The summed E-state index contributed by atoms with van der Waals surface area (Å²) in [7, 11) is 0. The van der Waals surface area contributed by atoms with Gasteiger partial charge < -0.3 is 10.0 Å². The number of rotatable bonds is 11. The summed E-state index contributed by atoms with van der Waals surface area (Å²) < 4.78 is 78.6. The highest BCUT2D eigenvalue weighted by Crippen LogP contribution is 2.34. The number of hydrogen-bond acceptors (Lipinski definition) is 3. The van der Waals surface area contributed by atoms with Crippen LogP contribution in [0.3, 0.4) is 0 Å². The van der Waals surface area contributed by atoms with Crippen molar-refractivity contribution in [1.82, 2.24) is 9.88 Å². The lowest BCUT2D eigenvalue weighted by atomic mass is 10.00. The van der Waals surface area contributed by atoms with Crippen molar-refractivity contribution in [2.24, 2.45) is 11.8 Å². The second-order valence-corrected chi connectivity index (χ2v) is 11.0. The lowest BCUT2D eigenvalue weighted by Gasteiger charge is -2.27. The first-order valence-corrected chi connectivity index (χ1v) is 13.4. The van der Waals surface area contributed by atoms with Crippen LogP contribution in [-0.2, 0) is 12.4 Å². The third kappa shape index (κ3) is 9.06. The highest BCUT2D eigenvalue weighted by molar-refractivity contribution is 5.68. The van der Waals surface area contributed by atoms with Crippen LogP contribution in [0.5, 0.6) is 0 Å². The van der Waals surface area contributed by atoms with E-state index in [2.05, 4.69) is 37.6 Å². The van der Waals surface area contributed by atoms with Gasteiger partial charge in [0.25, 0.3) is 0 Å². The average Bonchev–Trinajstić information content (AvgIpc) is 2.89. The van der Waals surface area contributed by atoms with E-state index in [1.54, 1.807) is 12.1 Å². The minimum Gasteiger partial charge on any atom is -0.387 e. The van der Waals surface area contributed by atoms with Gasteiger partial charge >= 0.3 is 12.4 Å². The Labute approximate surface area is 231 Å². The summed E-state index contributed by atoms with van der Waals surface area (Å²) in [5.41, 5.74) is 0.298. The van der Waals surface area contributed by atoms with Crippen LogP contribution in [0.25, 0.3) is 22.5 Å². The molecule has 0 spiro atoms. The molecule has 0 saturated heterocycles. The van der Waals surface area contributed by atoms with Gasteiger partial charge in [0.05, 0.1) is 28.6 Å². The highest BCUT2D eigenvalue weighted by Gasteiger charge is 2.31. The second kappa shape index (κ2) is 13.2. The van der Waals surface area contributed by atoms with Crippen LogP contribution >= 0.6 is 0 Å². The van der Waals surface area contributed by atoms with Gasteiger partial charge in [-0.25, -0.2) is 4.98 Å². The Balaban J connectivity index is 2.01. The number of alkyl halides is 6. The van der Waals surface area contributed by atoms with Gasteiger partial charge in [0.15, 0.2) is 0 Å². The molecule has 1 N–H and O–H groups in total. The van der Waals surface area contributed by atoms with Gasteiger partial charge in [-0.15, -0.1) is 0 Å². The maximum atomic E-state index is 13.1. The fourth-order valence-electron chi connectivity index (χ4n) is 4.23. The number of aliphatic hydroxyl groups is 1. The normalized spacial score (nSPS) is 13.4. The van der Waals surface area contributed by atoms with Gasteiger partial charge in [0.2, 0.25) is 0 Å². The van der Waals surface area contributed by atoms with Gasteiger partial charge in [-0.05, 0) is 79.7 Å². The molecule has 1 heterocycles. The molecule has 0 bridgehead atoms. The van der Waals surface area contributed by atoms with Crippen LogP contribution in [0.15, 0.2) is 60.7 Å². The molecule has 1 atom stereocenters. The first-order valence-electron chi connectivity index (χ1n) is 13.4. The van der Waals surface area contributed by atoms with E-state index in [4.69, 9.17) is 0 Å². The Hall–Kier alpha value is -2.91. The summed E-state index contributed by atoms with van der Waals surface area (Å²) in [5, 5.41) is 11.3. The third-order valence-electron chi connectivity index (χ3n) is 6.72. The minimum absolute atomic E-state index is 0.316. The van der Waals surface area contributed by atoms with E-state index in [9.17, 15) is 31.4 Å². The highest BCUT2D eigenvalue weighted by atomic mass is 19.4. The van der Waals surface area contributed by atoms with Crippen LogP contribution < -0.4 is 0 Å². The van der Waals surface area contributed by atoms with Crippen molar-refractivity contribution in [2.75, 3.05) is 19.6 Å². The average molecular weight is 567 g/mol. The van der Waals surface area contributed by atoms with E-state index < -0.39 is 29.6 Å². The lowest BCUT2D eigenvalue weighted by Crippen LogP contribution is -2.32. The fourth-order valence-corrected chi connectivity index (χ4v) is 4.23. The topological polar surface area (TPSA) is 36.4 Å². The smallest absolute Gasteiger partial charge is 0.387 e. The largest absolute Gasteiger partial charge is 0.416 e. The Morgan fingerprint density at radius 1 is 0.675 bits per heavy atom. The van der Waals surface area contributed by atoms with Crippen molar-refractivity contribution >= 4 is 0 Å². The third-order valence-corrected chi connectivity index (χ3v) is 6.72. The molecule has 40 heavy (non-hydrogen) atoms. The van der Waals surface area contributed by atoms with E-state index in [-0.39, 0.29) is 0 Å². The number of halogens is 6. The van der Waals surface area contributed by atoms with Crippen molar-refractivity contribution in [3.05, 3.63) is 77.4 Å². The van der Waals surface area contributed by atoms with Crippen molar-refractivity contribution in [3.63, 3.8) is 0 Å². The van der Waals surface area contributed by atoms with E-state index in [1.807, 2.05) is 0 Å². The summed E-state index contributed by atoms with van der Waals surface area (Å²) >= 11 is 0. The maximum Gasteiger partial charge on any atom is 0.416 e. The van der Waals surface area contributed by atoms with Crippen LogP contribution in [0.1, 0.15) is 63.3 Å². The molecule has 9 heteroatoms. The molecule has 0 aliphatic heterocycles. The van der Waals surface area contributed by atoms with Gasteiger partial charge in [0, 0.05) is 17.7 Å². The summed E-state index contributed by atoms with van der Waals surface area (Å²) in [4.78, 5) is 6.75. The zero-order valence-electron chi connectivity index (χ0n) is 23.2. The number of nitrogens with zero attached hydrogens (tertiary/aromatic N) is 2. The quantitative estimate of drug-likeness (QED) is 0.236. The standard InChI is InChI=1S/C31H36F6N2O/c1-20(2)13-15-39(16-14-21(3)4)19-29(40)24-17-27(22-5-9-25(10-6-22)30(32,33)34)38-28(18-24)23-7-11-26(12-8-23)31(35,36)37/h5-12,17-18,20-21,29,40H,13-16,19H2,1-4H3/t29-/m1/s1. The predicted molar refractivity (Wildman–Crippen MR) is 145 cm³/mol. The summed E-state index contributed by atoms with van der Waals surface area (Å²) in [6.07, 6.45) is -8.03. The predicted octanol–water partition coefficient (Wildman–Crippen LogP) is 8.88. The second-order valence-electron chi connectivity index (χ2n) is 11.0. The molecule has 0 unspecified atom stereocenters. The Kier molecular flexibility index (Phi) is 10.4. The summed E-state index contributed by atoms with van der Waals surface area (Å²) in [6.45, 7) is 10.5. The fraction of sp³-hybridized carbons (Fsp3) is 0.452. The van der Waals surface area contributed by atoms with Crippen LogP contribution in [0.2, 0.25) is 0 Å². The SMILES string of the molecule is CC(C)CCN(CCC(C)C)C[C@@H](O)c1cc(-c2ccc(C(F)(F)F)cc2)nc(-c2ccc(C(F)(F)F)cc2)c1. The Morgan fingerprint density at radius 2 is 1.05 bits per heavy atom. The molecule has 0 amide bonds. The Bertz CT molecular complexity index is 1130. The number of pyridine rings is 1. The van der Waals surface area contributed by atoms with Crippen molar-refractivity contribution < 1.29 is 31.4 Å². The monoisotopic (exact) mass is 566 g/mol. The van der Waals surface area contributed by atoms with E-state index in [0.717, 1.165) is 50.2 Å². The minimum atomic E-state index is -4.50. The van der Waals surface area contributed by atoms with Gasteiger partial charge in [-0.1, -0.05) is 52.0 Å². The molecule has 0 fully saturated rings. The number of aliphatic hydroxyl groups excluding tert-OH is 1. The molecule has 218 valence electrons. The van der Waals surface area contributed by atoms with Crippen molar-refractivity contribution in [2.45, 2.75) is 59.0 Å². The number of aromatic nitrogens is 1. The van der Waals surface area contributed by atoms with Gasteiger partial charge in [0.1, 0.15) is 0 Å². The molecular formula is C31H36F6N2O. The summed E-state index contributed by atoms with van der Waals surface area (Å²) in [6, 6.07) is 12.3. The molecule has 3 aromatic rings. The van der Waals surface area contributed by atoms with Crippen molar-refractivity contribution in [3.8, 4) is 22.5 Å². The molecule has 2 aromatic carbocycles. The zero-order valence-corrected chi connectivity index (χ0v) is 23.2.